The van der Waals surface area contributed by atoms with Gasteiger partial charge in [0.2, 0.25) is 19.9 Å². The van der Waals surface area contributed by atoms with Crippen LogP contribution < -0.4 is 4.72 Å². The number of ether oxygens (including phenoxy) is 1. The summed E-state index contributed by atoms with van der Waals surface area (Å²) in [5, 5.41) is -1.09. The van der Waals surface area contributed by atoms with E-state index in [1.807, 2.05) is 0 Å². The van der Waals surface area contributed by atoms with E-state index in [1.54, 1.807) is 25.1 Å². The minimum atomic E-state index is -4.02. The highest BCUT2D eigenvalue weighted by atomic mass is 32.2. The summed E-state index contributed by atoms with van der Waals surface area (Å²) in [6, 6.07) is 10.8. The lowest BCUT2D eigenvalue weighted by Crippen LogP contribution is -2.19. The number of nitrogens with zero attached hydrogens (tertiary/aromatic N) is 1. The van der Waals surface area contributed by atoms with Crippen LogP contribution in [-0.4, -0.2) is 27.8 Å². The number of rotatable bonds is 9. The number of esters is 1. The molecule has 2 heterocycles. The lowest BCUT2D eigenvalue weighted by molar-refractivity contribution is -0.145. The largest absolute Gasteiger partial charge is 0.457 e. The highest BCUT2D eigenvalue weighted by Crippen LogP contribution is 2.36. The molecule has 0 spiro atoms. The zero-order chi connectivity index (χ0) is 23.5. The van der Waals surface area contributed by atoms with Crippen LogP contribution in [0.2, 0.25) is 0 Å². The molecule has 0 amide bonds. The number of benzene rings is 1. The minimum absolute atomic E-state index is 0.0347. The first-order valence-electron chi connectivity index (χ1n) is 9.21. The monoisotopic (exact) mass is 512 g/mol. The lowest BCUT2D eigenvalue weighted by Gasteiger charge is -2.12. The van der Waals surface area contributed by atoms with Gasteiger partial charge >= 0.3 is 5.97 Å². The Morgan fingerprint density at radius 2 is 1.78 bits per heavy atom. The van der Waals surface area contributed by atoms with Crippen molar-refractivity contribution in [1.82, 2.24) is 4.98 Å². The van der Waals surface area contributed by atoms with Crippen LogP contribution in [0.1, 0.15) is 35.0 Å². The second kappa shape index (κ2) is 9.53. The number of thiophene rings is 1. The number of carbonyl (C=O) groups excluding carboxylic acids is 1. The maximum absolute atomic E-state index is 13.0. The van der Waals surface area contributed by atoms with Crippen molar-refractivity contribution in [2.24, 2.45) is 0 Å². The first-order valence-corrected chi connectivity index (χ1v) is 13.9. The molecule has 0 fully saturated rings. The van der Waals surface area contributed by atoms with E-state index in [0.717, 1.165) is 22.7 Å². The van der Waals surface area contributed by atoms with Crippen molar-refractivity contribution < 1.29 is 26.4 Å². The van der Waals surface area contributed by atoms with Gasteiger partial charge in [-0.25, -0.2) is 21.8 Å². The maximum atomic E-state index is 13.0. The van der Waals surface area contributed by atoms with Gasteiger partial charge in [-0.05, 0) is 31.2 Å². The average Bonchev–Trinajstić information content (AvgIpc) is 3.38. The Morgan fingerprint density at radius 1 is 1.09 bits per heavy atom. The molecule has 0 saturated carbocycles. The molecule has 1 aromatic carbocycles. The van der Waals surface area contributed by atoms with E-state index in [-0.39, 0.29) is 14.2 Å². The predicted molar refractivity (Wildman–Crippen MR) is 124 cm³/mol. The van der Waals surface area contributed by atoms with Crippen molar-refractivity contribution in [3.05, 3.63) is 71.1 Å². The zero-order valence-corrected chi connectivity index (χ0v) is 20.4. The molecule has 32 heavy (non-hydrogen) atoms. The normalized spacial score (nSPS) is 13.8. The van der Waals surface area contributed by atoms with Crippen LogP contribution in [-0.2, 0) is 29.4 Å². The SMILES string of the molecule is C=CC(c1ccc(S(=O)(=O)c2ccccc2)s1)S(=O)(=O)Nc1ncc(C(C)OC(C)=O)s1. The van der Waals surface area contributed by atoms with Crippen LogP contribution in [0.4, 0.5) is 5.13 Å². The van der Waals surface area contributed by atoms with E-state index in [1.165, 1.54) is 43.5 Å². The number of nitrogens with one attached hydrogen (secondary N) is 1. The highest BCUT2D eigenvalue weighted by molar-refractivity contribution is 7.94. The molecule has 0 radical (unpaired) electrons. The zero-order valence-electron chi connectivity index (χ0n) is 17.1. The second-order valence-electron chi connectivity index (χ2n) is 6.60. The Morgan fingerprint density at radius 3 is 2.41 bits per heavy atom. The summed E-state index contributed by atoms with van der Waals surface area (Å²) in [5.41, 5.74) is 0. The molecule has 2 aromatic heterocycles. The van der Waals surface area contributed by atoms with Crippen LogP contribution in [0.15, 0.2) is 70.4 Å². The van der Waals surface area contributed by atoms with Crippen molar-refractivity contribution in [1.29, 1.82) is 0 Å². The van der Waals surface area contributed by atoms with E-state index in [2.05, 4.69) is 16.3 Å². The molecule has 2 atom stereocenters. The van der Waals surface area contributed by atoms with Gasteiger partial charge < -0.3 is 4.74 Å². The van der Waals surface area contributed by atoms with Gasteiger partial charge in [-0.15, -0.1) is 17.9 Å². The highest BCUT2D eigenvalue weighted by Gasteiger charge is 2.29. The molecule has 0 aliphatic heterocycles. The summed E-state index contributed by atoms with van der Waals surface area (Å²) < 4.78 is 59.1. The molecular formula is C20H20N2O6S4. The first-order chi connectivity index (χ1) is 15.0. The van der Waals surface area contributed by atoms with Crippen LogP contribution >= 0.6 is 22.7 Å². The Hall–Kier alpha value is -2.54. The maximum Gasteiger partial charge on any atom is 0.303 e. The number of sulfone groups is 1. The molecule has 0 saturated heterocycles. The van der Waals surface area contributed by atoms with E-state index in [4.69, 9.17) is 4.74 Å². The number of hydrogen-bond donors (Lipinski definition) is 1. The molecule has 0 aliphatic carbocycles. The number of hydrogen-bond acceptors (Lipinski definition) is 9. The van der Waals surface area contributed by atoms with Gasteiger partial charge in [0.05, 0.1) is 9.77 Å². The van der Waals surface area contributed by atoms with Crippen molar-refractivity contribution in [2.45, 2.75) is 34.3 Å². The van der Waals surface area contributed by atoms with E-state index >= 15 is 0 Å². The number of thiazole rings is 1. The standard InChI is InChI=1S/C20H20N2O6S4/c1-4-18(16-10-11-19(29-16)31(24,25)15-8-6-5-7-9-15)32(26,27)22-20-21-12-17(30-20)13(2)28-14(3)23/h4-13,18H,1H2,2-3H3,(H,21,22). The molecule has 3 rings (SSSR count). The van der Waals surface area contributed by atoms with Gasteiger partial charge in [-0.1, -0.05) is 35.6 Å². The van der Waals surface area contributed by atoms with Gasteiger partial charge in [0.25, 0.3) is 0 Å². The lowest BCUT2D eigenvalue weighted by atomic mass is 10.3. The van der Waals surface area contributed by atoms with Crippen LogP contribution in [0.5, 0.6) is 0 Å². The number of anilines is 1. The summed E-state index contributed by atoms with van der Waals surface area (Å²) in [5.74, 6) is -0.460. The van der Waals surface area contributed by atoms with Gasteiger partial charge in [-0.2, -0.15) is 0 Å². The van der Waals surface area contributed by atoms with Crippen LogP contribution in [0.3, 0.4) is 0 Å². The first kappa shape index (κ1) is 24.1. The second-order valence-corrected chi connectivity index (χ2v) is 12.8. The fourth-order valence-corrected chi connectivity index (χ4v) is 8.23. The molecule has 0 aliphatic rings. The summed E-state index contributed by atoms with van der Waals surface area (Å²) in [7, 11) is -7.79. The van der Waals surface area contributed by atoms with Gasteiger partial charge in [0.1, 0.15) is 15.6 Å². The Labute approximate surface area is 194 Å². The van der Waals surface area contributed by atoms with Crippen molar-refractivity contribution >= 4 is 53.6 Å². The summed E-state index contributed by atoms with van der Waals surface area (Å²) in [4.78, 5) is 16.1. The molecule has 2 unspecified atom stereocenters. The summed E-state index contributed by atoms with van der Waals surface area (Å²) >= 11 is 1.90. The number of carbonyl (C=O) groups is 1. The third kappa shape index (κ3) is 5.26. The topological polar surface area (TPSA) is 120 Å². The predicted octanol–water partition coefficient (Wildman–Crippen LogP) is 4.33. The average molecular weight is 513 g/mol. The Bertz CT molecular complexity index is 1330. The van der Waals surface area contributed by atoms with Crippen LogP contribution in [0, 0.1) is 0 Å². The molecule has 8 nitrogen and oxygen atoms in total. The summed E-state index contributed by atoms with van der Waals surface area (Å²) in [6.07, 6.45) is 2.08. The third-order valence-corrected chi connectivity index (χ3v) is 10.6. The fourth-order valence-electron chi connectivity index (χ4n) is 2.76. The van der Waals surface area contributed by atoms with Gasteiger partial charge in [0.15, 0.2) is 5.13 Å². The molecule has 1 N–H and O–H groups in total. The van der Waals surface area contributed by atoms with Crippen LogP contribution in [0.25, 0.3) is 0 Å². The van der Waals surface area contributed by atoms with Crippen molar-refractivity contribution in [2.75, 3.05) is 4.72 Å². The molecular weight excluding hydrogens is 492 g/mol. The quantitative estimate of drug-likeness (QED) is 0.335. The van der Waals surface area contributed by atoms with Crippen molar-refractivity contribution in [3.8, 4) is 0 Å². The molecule has 0 bridgehead atoms. The van der Waals surface area contributed by atoms with E-state index in [0.29, 0.717) is 9.75 Å². The van der Waals surface area contributed by atoms with Crippen molar-refractivity contribution in [3.63, 3.8) is 0 Å². The Kier molecular flexibility index (Phi) is 7.18. The number of sulfonamides is 1. The summed E-state index contributed by atoms with van der Waals surface area (Å²) in [6.45, 7) is 6.54. The molecule has 3 aromatic rings. The van der Waals surface area contributed by atoms with E-state index < -0.39 is 37.2 Å². The fraction of sp³-hybridized carbons (Fsp3) is 0.200. The third-order valence-electron chi connectivity index (χ3n) is 4.25. The van der Waals surface area contributed by atoms with E-state index in [9.17, 15) is 21.6 Å². The van der Waals surface area contributed by atoms with Gasteiger partial charge in [-0.3, -0.25) is 9.52 Å². The minimum Gasteiger partial charge on any atom is -0.457 e. The number of aromatic nitrogens is 1. The molecule has 12 heteroatoms. The van der Waals surface area contributed by atoms with Gasteiger partial charge in [0, 0.05) is 18.0 Å². The smallest absolute Gasteiger partial charge is 0.303 e. The Balaban J connectivity index is 1.83. The molecule has 170 valence electrons.